The van der Waals surface area contributed by atoms with Crippen LogP contribution in [0.15, 0.2) is 17.1 Å². The molecular weight excluding hydrogens is 340 g/mol. The van der Waals surface area contributed by atoms with Crippen molar-refractivity contribution in [1.82, 2.24) is 15.3 Å². The van der Waals surface area contributed by atoms with Crippen LogP contribution in [-0.4, -0.2) is 65.6 Å². The molecule has 2 atom stereocenters. The van der Waals surface area contributed by atoms with E-state index in [-0.39, 0.29) is 5.56 Å². The number of carboxylic acids is 1. The molecule has 3 fully saturated rings. The molecule has 1 aromatic rings. The highest BCUT2D eigenvalue weighted by Crippen LogP contribution is 2.25. The van der Waals surface area contributed by atoms with Crippen LogP contribution in [0.25, 0.3) is 0 Å². The SMILES string of the molecule is C1C[C@H]2OCC[C@H]2O1.CC(=O)O.O=c1ccnc(NC2CCNCC2)[nH]1. The number of aliphatic carboxylic acids is 1. The summed E-state index contributed by atoms with van der Waals surface area (Å²) in [7, 11) is 0. The maximum Gasteiger partial charge on any atom is 0.300 e. The van der Waals surface area contributed by atoms with Crippen LogP contribution in [0, 0.1) is 0 Å². The van der Waals surface area contributed by atoms with Crippen LogP contribution in [-0.2, 0) is 14.3 Å². The van der Waals surface area contributed by atoms with Crippen molar-refractivity contribution in [2.75, 3.05) is 31.6 Å². The first kappa shape index (κ1) is 20.3. The van der Waals surface area contributed by atoms with Gasteiger partial charge in [-0.1, -0.05) is 0 Å². The van der Waals surface area contributed by atoms with Gasteiger partial charge < -0.3 is 25.2 Å². The number of rotatable bonds is 2. The Morgan fingerprint density at radius 2 is 1.77 bits per heavy atom. The van der Waals surface area contributed by atoms with Gasteiger partial charge in [0.05, 0.1) is 12.2 Å². The molecule has 146 valence electrons. The molecule has 4 heterocycles. The van der Waals surface area contributed by atoms with Gasteiger partial charge in [-0.05, 0) is 38.8 Å². The molecule has 0 bridgehead atoms. The largest absolute Gasteiger partial charge is 0.481 e. The zero-order chi connectivity index (χ0) is 18.8. The van der Waals surface area contributed by atoms with Crippen LogP contribution in [0.3, 0.4) is 0 Å². The molecule has 0 saturated carbocycles. The van der Waals surface area contributed by atoms with Gasteiger partial charge in [0.1, 0.15) is 0 Å². The fraction of sp³-hybridized carbons (Fsp3) is 0.706. The Morgan fingerprint density at radius 1 is 1.19 bits per heavy atom. The summed E-state index contributed by atoms with van der Waals surface area (Å²) in [6.45, 7) is 4.95. The second kappa shape index (κ2) is 10.9. The van der Waals surface area contributed by atoms with Crippen molar-refractivity contribution in [2.24, 2.45) is 0 Å². The Morgan fingerprint density at radius 3 is 2.31 bits per heavy atom. The summed E-state index contributed by atoms with van der Waals surface area (Å²) in [4.78, 5) is 26.7. The van der Waals surface area contributed by atoms with Crippen LogP contribution in [0.1, 0.15) is 32.6 Å². The summed E-state index contributed by atoms with van der Waals surface area (Å²) < 4.78 is 10.7. The first-order chi connectivity index (χ1) is 12.5. The normalized spacial score (nSPS) is 24.5. The molecular formula is C17H28N4O5. The zero-order valence-corrected chi connectivity index (χ0v) is 15.1. The molecule has 0 unspecified atom stereocenters. The standard InChI is InChI=1S/C9H14N4O.C6H10O2.C2H4O2/c14-8-3-6-11-9(13-8)12-7-1-4-10-5-2-7;1-3-7-6-2-4-8-5(1)6;1-2(3)4/h3,6-7,10H,1-2,4-5H2,(H2,11,12,13,14);5-6H,1-4H2;1H3,(H,3,4)/t;5-,6-;/m.1./s1. The smallest absolute Gasteiger partial charge is 0.300 e. The van der Waals surface area contributed by atoms with E-state index in [1.807, 2.05) is 0 Å². The maximum atomic E-state index is 11.0. The topological polar surface area (TPSA) is 126 Å². The number of carbonyl (C=O) groups is 1. The molecule has 0 radical (unpaired) electrons. The quantitative estimate of drug-likeness (QED) is 0.598. The van der Waals surface area contributed by atoms with Crippen LogP contribution < -0.4 is 16.2 Å². The van der Waals surface area contributed by atoms with Crippen molar-refractivity contribution in [3.05, 3.63) is 22.6 Å². The van der Waals surface area contributed by atoms with E-state index < -0.39 is 5.97 Å². The highest BCUT2D eigenvalue weighted by atomic mass is 16.6. The van der Waals surface area contributed by atoms with Crippen molar-refractivity contribution in [2.45, 2.75) is 50.9 Å². The lowest BCUT2D eigenvalue weighted by atomic mass is 10.1. The lowest BCUT2D eigenvalue weighted by Gasteiger charge is -2.23. The van der Waals surface area contributed by atoms with Crippen molar-refractivity contribution in [3.8, 4) is 0 Å². The number of ether oxygens (including phenoxy) is 2. The van der Waals surface area contributed by atoms with Gasteiger partial charge in [-0.2, -0.15) is 0 Å². The number of aromatic nitrogens is 2. The molecule has 3 aliphatic rings. The third kappa shape index (κ3) is 7.51. The summed E-state index contributed by atoms with van der Waals surface area (Å²) in [6, 6.07) is 1.83. The Hall–Kier alpha value is -1.97. The minimum absolute atomic E-state index is 0.114. The molecule has 9 heteroatoms. The molecule has 4 N–H and O–H groups in total. The fourth-order valence-electron chi connectivity index (χ4n) is 3.03. The predicted molar refractivity (Wildman–Crippen MR) is 96.4 cm³/mol. The van der Waals surface area contributed by atoms with Crippen LogP contribution in [0.4, 0.5) is 5.95 Å². The number of fused-ring (bicyclic) bond motifs is 1. The third-order valence-corrected chi connectivity index (χ3v) is 4.23. The van der Waals surface area contributed by atoms with Gasteiger partial charge >= 0.3 is 0 Å². The second-order valence-electron chi connectivity index (χ2n) is 6.37. The van der Waals surface area contributed by atoms with Gasteiger partial charge in [0.15, 0.2) is 0 Å². The molecule has 26 heavy (non-hydrogen) atoms. The van der Waals surface area contributed by atoms with E-state index in [1.165, 1.54) is 12.3 Å². The van der Waals surface area contributed by atoms with Gasteiger partial charge in [-0.15, -0.1) is 0 Å². The Bertz CT molecular complexity index is 579. The molecule has 3 saturated heterocycles. The highest BCUT2D eigenvalue weighted by Gasteiger charge is 2.33. The number of hydrogen-bond donors (Lipinski definition) is 4. The number of nitrogens with zero attached hydrogens (tertiary/aromatic N) is 1. The van der Waals surface area contributed by atoms with Gasteiger partial charge in [0.2, 0.25) is 5.95 Å². The predicted octanol–water partition coefficient (Wildman–Crippen LogP) is 0.589. The number of H-pyrrole nitrogens is 1. The monoisotopic (exact) mass is 368 g/mol. The van der Waals surface area contributed by atoms with Crippen molar-refractivity contribution >= 4 is 11.9 Å². The number of anilines is 1. The molecule has 4 rings (SSSR count). The van der Waals surface area contributed by atoms with Crippen LogP contribution in [0.5, 0.6) is 0 Å². The highest BCUT2D eigenvalue weighted by molar-refractivity contribution is 5.62. The van der Waals surface area contributed by atoms with E-state index in [1.54, 1.807) is 0 Å². The Balaban J connectivity index is 0.000000170. The first-order valence-electron chi connectivity index (χ1n) is 9.00. The van der Waals surface area contributed by atoms with Crippen LogP contribution >= 0.6 is 0 Å². The summed E-state index contributed by atoms with van der Waals surface area (Å²) in [5.74, 6) is -0.260. The Labute approximate surface area is 152 Å². The molecule has 0 aromatic carbocycles. The average molecular weight is 368 g/mol. The fourth-order valence-corrected chi connectivity index (χ4v) is 3.03. The molecule has 0 amide bonds. The average Bonchev–Trinajstić information content (AvgIpc) is 3.20. The van der Waals surface area contributed by atoms with Crippen molar-refractivity contribution in [3.63, 3.8) is 0 Å². The summed E-state index contributed by atoms with van der Waals surface area (Å²) in [5, 5.41) is 13.9. The molecule has 1 aromatic heterocycles. The second-order valence-corrected chi connectivity index (χ2v) is 6.37. The van der Waals surface area contributed by atoms with Gasteiger partial charge in [-0.25, -0.2) is 4.98 Å². The van der Waals surface area contributed by atoms with Crippen molar-refractivity contribution < 1.29 is 19.4 Å². The number of piperidine rings is 1. The maximum absolute atomic E-state index is 11.0. The number of carboxylic acid groups (broad SMARTS) is 1. The lowest BCUT2D eigenvalue weighted by Crippen LogP contribution is -2.36. The minimum atomic E-state index is -0.833. The van der Waals surface area contributed by atoms with E-state index in [0.29, 0.717) is 24.2 Å². The van der Waals surface area contributed by atoms with E-state index in [4.69, 9.17) is 19.4 Å². The number of hydrogen-bond acceptors (Lipinski definition) is 7. The van der Waals surface area contributed by atoms with E-state index in [0.717, 1.165) is 58.9 Å². The molecule has 0 spiro atoms. The van der Waals surface area contributed by atoms with Gasteiger partial charge in [0.25, 0.3) is 11.5 Å². The van der Waals surface area contributed by atoms with E-state index >= 15 is 0 Å². The minimum Gasteiger partial charge on any atom is -0.481 e. The van der Waals surface area contributed by atoms with E-state index in [9.17, 15) is 4.79 Å². The van der Waals surface area contributed by atoms with E-state index in [2.05, 4.69) is 20.6 Å². The first-order valence-corrected chi connectivity index (χ1v) is 9.00. The Kier molecular flexibility index (Phi) is 8.52. The molecule has 0 aliphatic carbocycles. The summed E-state index contributed by atoms with van der Waals surface area (Å²) >= 11 is 0. The lowest BCUT2D eigenvalue weighted by molar-refractivity contribution is -0.134. The number of nitrogens with one attached hydrogen (secondary N) is 3. The summed E-state index contributed by atoms with van der Waals surface area (Å²) in [6.07, 6.45) is 6.79. The zero-order valence-electron chi connectivity index (χ0n) is 15.1. The van der Waals surface area contributed by atoms with Gasteiger partial charge in [0, 0.05) is 38.4 Å². The van der Waals surface area contributed by atoms with Crippen molar-refractivity contribution in [1.29, 1.82) is 0 Å². The number of aromatic amines is 1. The third-order valence-electron chi connectivity index (χ3n) is 4.23. The van der Waals surface area contributed by atoms with Gasteiger partial charge in [-0.3, -0.25) is 14.6 Å². The molecule has 9 nitrogen and oxygen atoms in total. The van der Waals surface area contributed by atoms with Crippen LogP contribution in [0.2, 0.25) is 0 Å². The summed E-state index contributed by atoms with van der Waals surface area (Å²) in [5.41, 5.74) is -0.114. The molecule has 3 aliphatic heterocycles.